The first kappa shape index (κ1) is 16.1. The smallest absolute Gasteiger partial charge is 0.111 e. The van der Waals surface area contributed by atoms with Crippen LogP contribution >= 0.6 is 11.9 Å². The van der Waals surface area contributed by atoms with Crippen LogP contribution in [0.3, 0.4) is 0 Å². The van der Waals surface area contributed by atoms with Crippen LogP contribution in [0.1, 0.15) is 25.2 Å². The van der Waals surface area contributed by atoms with Gasteiger partial charge >= 0.3 is 0 Å². The minimum absolute atomic E-state index is 0.662. The van der Waals surface area contributed by atoms with Gasteiger partial charge in [-0.05, 0) is 48.7 Å². The van der Waals surface area contributed by atoms with Crippen LogP contribution in [0.25, 0.3) is 11.0 Å². The summed E-state index contributed by atoms with van der Waals surface area (Å²) < 4.78 is 2.31. The number of hydrogen-bond donors (Lipinski definition) is 1. The number of fused-ring (bicyclic) bond motifs is 1. The number of hydrogen-bond acceptors (Lipinski definition) is 3. The molecule has 0 amide bonds. The molecule has 0 atom stereocenters. The quantitative estimate of drug-likeness (QED) is 0.664. The highest BCUT2D eigenvalue weighted by Crippen LogP contribution is 2.27. The minimum Gasteiger partial charge on any atom is -0.342 e. The molecule has 4 heteroatoms. The first-order chi connectivity index (χ1) is 11.1. The Balaban J connectivity index is 1.79. The van der Waals surface area contributed by atoms with Gasteiger partial charge in [-0.15, -0.1) is 0 Å². The molecule has 1 aromatic heterocycles. The number of H-pyrrole nitrogens is 1. The van der Waals surface area contributed by atoms with Gasteiger partial charge in [0.1, 0.15) is 5.82 Å². The number of imidazole rings is 1. The molecule has 120 valence electrons. The van der Waals surface area contributed by atoms with Crippen LogP contribution in [-0.2, 0) is 6.42 Å². The lowest BCUT2D eigenvalue weighted by Gasteiger charge is -2.19. The summed E-state index contributed by atoms with van der Waals surface area (Å²) >= 11 is 1.82. The Labute approximate surface area is 142 Å². The summed E-state index contributed by atoms with van der Waals surface area (Å²) in [5.41, 5.74) is 3.45. The van der Waals surface area contributed by atoms with Crippen molar-refractivity contribution >= 4 is 23.0 Å². The van der Waals surface area contributed by atoms with Gasteiger partial charge in [0, 0.05) is 17.9 Å². The molecule has 3 rings (SSSR count). The fourth-order valence-corrected chi connectivity index (χ4v) is 3.83. The standard InChI is InChI=1S/C19H23N3S/c1-14(2)13-22(3)23-18-11-7-4-8-15(18)12-19-20-16-9-5-6-10-17(16)21-19/h4-11,14H,12-13H2,1-3H3,(H,20,21). The topological polar surface area (TPSA) is 31.9 Å². The van der Waals surface area contributed by atoms with Crippen LogP contribution in [-0.4, -0.2) is 27.9 Å². The zero-order valence-corrected chi connectivity index (χ0v) is 14.7. The lowest BCUT2D eigenvalue weighted by molar-refractivity contribution is 0.466. The number of nitrogens with zero attached hydrogens (tertiary/aromatic N) is 2. The summed E-state index contributed by atoms with van der Waals surface area (Å²) in [6.07, 6.45) is 0.827. The Hall–Kier alpha value is -1.78. The summed E-state index contributed by atoms with van der Waals surface area (Å²) in [5, 5.41) is 0. The summed E-state index contributed by atoms with van der Waals surface area (Å²) in [5.74, 6) is 1.68. The van der Waals surface area contributed by atoms with Crippen LogP contribution in [0.5, 0.6) is 0 Å². The van der Waals surface area contributed by atoms with Crippen LogP contribution in [0, 0.1) is 5.92 Å². The number of benzene rings is 2. The van der Waals surface area contributed by atoms with E-state index in [1.807, 2.05) is 30.1 Å². The number of aromatic amines is 1. The van der Waals surface area contributed by atoms with Gasteiger partial charge in [-0.25, -0.2) is 9.29 Å². The van der Waals surface area contributed by atoms with Crippen molar-refractivity contribution < 1.29 is 0 Å². The molecule has 0 radical (unpaired) electrons. The van der Waals surface area contributed by atoms with Gasteiger partial charge in [-0.2, -0.15) is 0 Å². The van der Waals surface area contributed by atoms with Gasteiger partial charge in [-0.1, -0.05) is 44.2 Å². The number of para-hydroxylation sites is 2. The first-order valence-corrected chi connectivity index (χ1v) is 8.80. The van der Waals surface area contributed by atoms with E-state index in [1.165, 1.54) is 10.5 Å². The van der Waals surface area contributed by atoms with E-state index in [1.54, 1.807) is 0 Å². The lowest BCUT2D eigenvalue weighted by atomic mass is 10.1. The van der Waals surface area contributed by atoms with E-state index in [4.69, 9.17) is 4.98 Å². The third-order valence-corrected chi connectivity index (χ3v) is 4.70. The van der Waals surface area contributed by atoms with Crippen molar-refractivity contribution in [1.82, 2.24) is 14.3 Å². The third-order valence-electron chi connectivity index (χ3n) is 3.65. The number of rotatable bonds is 6. The fraction of sp³-hybridized carbons (Fsp3) is 0.316. The molecule has 0 saturated carbocycles. The van der Waals surface area contributed by atoms with Gasteiger partial charge in [0.2, 0.25) is 0 Å². The molecule has 0 aliphatic heterocycles. The molecule has 2 aromatic carbocycles. The van der Waals surface area contributed by atoms with E-state index in [0.717, 1.165) is 29.8 Å². The van der Waals surface area contributed by atoms with Gasteiger partial charge < -0.3 is 4.98 Å². The van der Waals surface area contributed by atoms with Crippen molar-refractivity contribution in [2.45, 2.75) is 25.2 Å². The van der Waals surface area contributed by atoms with Gasteiger partial charge in [0.25, 0.3) is 0 Å². The number of aromatic nitrogens is 2. The van der Waals surface area contributed by atoms with Gasteiger partial charge in [0.15, 0.2) is 0 Å². The lowest BCUT2D eigenvalue weighted by Crippen LogP contribution is -2.15. The largest absolute Gasteiger partial charge is 0.342 e. The third kappa shape index (κ3) is 4.15. The van der Waals surface area contributed by atoms with Crippen molar-refractivity contribution in [2.24, 2.45) is 5.92 Å². The highest BCUT2D eigenvalue weighted by Gasteiger charge is 2.10. The molecule has 1 heterocycles. The number of nitrogens with one attached hydrogen (secondary N) is 1. The molecule has 0 saturated heterocycles. The highest BCUT2D eigenvalue weighted by atomic mass is 32.2. The normalized spacial score (nSPS) is 11.7. The van der Waals surface area contributed by atoms with Crippen molar-refractivity contribution in [2.75, 3.05) is 13.6 Å². The van der Waals surface area contributed by atoms with E-state index < -0.39 is 0 Å². The van der Waals surface area contributed by atoms with E-state index in [-0.39, 0.29) is 0 Å². The molecule has 3 nitrogen and oxygen atoms in total. The maximum absolute atomic E-state index is 4.70. The van der Waals surface area contributed by atoms with E-state index in [9.17, 15) is 0 Å². The van der Waals surface area contributed by atoms with Crippen LogP contribution in [0.2, 0.25) is 0 Å². The Kier molecular flexibility index (Phi) is 5.03. The molecule has 0 spiro atoms. The molecular formula is C19H23N3S. The molecule has 0 aliphatic rings. The predicted molar refractivity (Wildman–Crippen MR) is 98.7 cm³/mol. The van der Waals surface area contributed by atoms with Crippen LogP contribution < -0.4 is 0 Å². The summed E-state index contributed by atoms with van der Waals surface area (Å²) in [7, 11) is 2.16. The molecule has 3 aromatic rings. The van der Waals surface area contributed by atoms with Crippen molar-refractivity contribution in [1.29, 1.82) is 0 Å². The molecule has 0 aliphatic carbocycles. The van der Waals surface area contributed by atoms with E-state index >= 15 is 0 Å². The monoisotopic (exact) mass is 325 g/mol. The molecular weight excluding hydrogens is 302 g/mol. The molecule has 0 unspecified atom stereocenters. The van der Waals surface area contributed by atoms with E-state index in [2.05, 4.69) is 60.5 Å². The highest BCUT2D eigenvalue weighted by molar-refractivity contribution is 7.97. The first-order valence-electron chi connectivity index (χ1n) is 8.02. The molecule has 1 N–H and O–H groups in total. The van der Waals surface area contributed by atoms with Crippen molar-refractivity contribution in [3.05, 3.63) is 59.9 Å². The summed E-state index contributed by atoms with van der Waals surface area (Å²) in [6, 6.07) is 16.8. The second-order valence-corrected chi connectivity index (χ2v) is 7.53. The van der Waals surface area contributed by atoms with Crippen molar-refractivity contribution in [3.8, 4) is 0 Å². The second kappa shape index (κ2) is 7.20. The average molecular weight is 325 g/mol. The SMILES string of the molecule is CC(C)CN(C)Sc1ccccc1Cc1nc2ccccc2[nH]1. The Bertz CT molecular complexity index is 746. The Morgan fingerprint density at radius 3 is 2.61 bits per heavy atom. The summed E-state index contributed by atoms with van der Waals surface area (Å²) in [4.78, 5) is 9.42. The maximum atomic E-state index is 4.70. The fourth-order valence-electron chi connectivity index (χ4n) is 2.73. The molecule has 23 heavy (non-hydrogen) atoms. The van der Waals surface area contributed by atoms with Crippen molar-refractivity contribution in [3.63, 3.8) is 0 Å². The average Bonchev–Trinajstić information content (AvgIpc) is 2.90. The van der Waals surface area contributed by atoms with Crippen LogP contribution in [0.4, 0.5) is 0 Å². The zero-order chi connectivity index (χ0) is 16.2. The Morgan fingerprint density at radius 2 is 1.83 bits per heavy atom. The molecule has 0 bridgehead atoms. The predicted octanol–water partition coefficient (Wildman–Crippen LogP) is 4.75. The second-order valence-electron chi connectivity index (χ2n) is 6.28. The minimum atomic E-state index is 0.662. The maximum Gasteiger partial charge on any atom is 0.111 e. The zero-order valence-electron chi connectivity index (χ0n) is 13.9. The van der Waals surface area contributed by atoms with Gasteiger partial charge in [-0.3, -0.25) is 0 Å². The Morgan fingerprint density at radius 1 is 1.09 bits per heavy atom. The van der Waals surface area contributed by atoms with Gasteiger partial charge in [0.05, 0.1) is 11.0 Å². The van der Waals surface area contributed by atoms with E-state index in [0.29, 0.717) is 5.92 Å². The summed E-state index contributed by atoms with van der Waals surface area (Å²) in [6.45, 7) is 5.57. The van der Waals surface area contributed by atoms with Crippen LogP contribution in [0.15, 0.2) is 53.4 Å². The molecule has 0 fully saturated rings.